The van der Waals surface area contributed by atoms with E-state index in [2.05, 4.69) is 43.3 Å². The molecule has 3 atom stereocenters. The molecule has 0 aliphatic heterocycles. The van der Waals surface area contributed by atoms with E-state index in [-0.39, 0.29) is 60.9 Å². The first-order valence-electron chi connectivity index (χ1n) is 21.2. The third-order valence-corrected chi connectivity index (χ3v) is 9.54. The summed E-state index contributed by atoms with van der Waals surface area (Å²) in [5.74, 6) is -0.838. The monoisotopic (exact) mass is 738 g/mol. The standard InChI is InChI=1S/C41H79N5O6/c1-5-9-12-14-15-19-27-35(26-18-13-10-6-2)40(50)51-32-22-16-20-28-37(47)46-36(29-31-45-41(42)43)38(48)44-30-21-23-33-52-39(49)34(24-8-4)25-17-11-7-3/h34-36H,5-33H2,1-4H3,(H,44,48)(H,46,47)(H4,42,43,45)/t34?,35?,36-/m0/s1. The molecule has 2 amide bonds. The van der Waals surface area contributed by atoms with E-state index in [4.69, 9.17) is 20.9 Å². The number of hydrogen-bond donors (Lipinski definition) is 4. The number of aliphatic imine (C=N–C) groups is 1. The van der Waals surface area contributed by atoms with Crippen LogP contribution in [0.25, 0.3) is 0 Å². The number of nitrogens with one attached hydrogen (secondary N) is 2. The van der Waals surface area contributed by atoms with Gasteiger partial charge in [-0.1, -0.05) is 118 Å². The van der Waals surface area contributed by atoms with E-state index >= 15 is 0 Å². The highest BCUT2D eigenvalue weighted by Crippen LogP contribution is 2.21. The summed E-state index contributed by atoms with van der Waals surface area (Å²) in [5.41, 5.74) is 10.9. The second kappa shape index (κ2) is 35.2. The number of hydrogen-bond acceptors (Lipinski definition) is 7. The van der Waals surface area contributed by atoms with Gasteiger partial charge in [0.05, 0.1) is 25.0 Å². The van der Waals surface area contributed by atoms with Gasteiger partial charge in [-0.25, -0.2) is 0 Å². The van der Waals surface area contributed by atoms with Gasteiger partial charge in [0.15, 0.2) is 5.96 Å². The minimum absolute atomic E-state index is 0.0169. The molecule has 0 bridgehead atoms. The lowest BCUT2D eigenvalue weighted by Crippen LogP contribution is -2.47. The van der Waals surface area contributed by atoms with E-state index < -0.39 is 6.04 Å². The Morgan fingerprint density at radius 3 is 1.62 bits per heavy atom. The summed E-state index contributed by atoms with van der Waals surface area (Å²) in [7, 11) is 0. The zero-order chi connectivity index (χ0) is 38.7. The number of unbranched alkanes of at least 4 members (excludes halogenated alkanes) is 13. The van der Waals surface area contributed by atoms with Crippen molar-refractivity contribution in [3.8, 4) is 0 Å². The van der Waals surface area contributed by atoms with Crippen molar-refractivity contribution in [2.75, 3.05) is 26.3 Å². The second-order valence-corrected chi connectivity index (χ2v) is 14.4. The summed E-state index contributed by atoms with van der Waals surface area (Å²) in [6.45, 7) is 9.95. The van der Waals surface area contributed by atoms with Crippen molar-refractivity contribution in [2.45, 2.75) is 194 Å². The van der Waals surface area contributed by atoms with Crippen LogP contribution in [0.4, 0.5) is 0 Å². The SMILES string of the molecule is CCCCCCCCC(CCCCCC)C(=O)OCCCCCC(=O)N[C@@H](CCN=C(N)N)C(=O)NCCCCOC(=O)C(CCC)CCCCC. The molecule has 0 rings (SSSR count). The first-order chi connectivity index (χ1) is 25.2. The summed E-state index contributed by atoms with van der Waals surface area (Å²) in [5, 5.41) is 5.72. The molecule has 2 unspecified atom stereocenters. The smallest absolute Gasteiger partial charge is 0.308 e. The van der Waals surface area contributed by atoms with Crippen LogP contribution in [0.5, 0.6) is 0 Å². The van der Waals surface area contributed by atoms with Gasteiger partial charge in [0.1, 0.15) is 6.04 Å². The average Bonchev–Trinajstić information content (AvgIpc) is 3.12. The Morgan fingerprint density at radius 1 is 0.558 bits per heavy atom. The maximum absolute atomic E-state index is 13.0. The van der Waals surface area contributed by atoms with Crippen molar-refractivity contribution >= 4 is 29.7 Å². The van der Waals surface area contributed by atoms with Crippen molar-refractivity contribution in [3.05, 3.63) is 0 Å². The number of carbonyl (C=O) groups excluding carboxylic acids is 4. The van der Waals surface area contributed by atoms with E-state index in [1.807, 2.05) is 0 Å². The van der Waals surface area contributed by atoms with Gasteiger partial charge in [-0.15, -0.1) is 0 Å². The number of amides is 2. The van der Waals surface area contributed by atoms with E-state index in [0.717, 1.165) is 77.0 Å². The Hall–Kier alpha value is -2.85. The molecule has 0 radical (unpaired) electrons. The van der Waals surface area contributed by atoms with Gasteiger partial charge in [0.2, 0.25) is 11.8 Å². The molecule has 0 spiro atoms. The highest BCUT2D eigenvalue weighted by molar-refractivity contribution is 5.87. The van der Waals surface area contributed by atoms with Crippen LogP contribution < -0.4 is 22.1 Å². The molecule has 6 N–H and O–H groups in total. The van der Waals surface area contributed by atoms with Gasteiger partial charge in [-0.05, 0) is 64.2 Å². The molecular weight excluding hydrogens is 658 g/mol. The lowest BCUT2D eigenvalue weighted by molar-refractivity contribution is -0.150. The molecule has 0 fully saturated rings. The van der Waals surface area contributed by atoms with Crippen molar-refractivity contribution in [3.63, 3.8) is 0 Å². The van der Waals surface area contributed by atoms with E-state index in [0.29, 0.717) is 45.4 Å². The maximum Gasteiger partial charge on any atom is 0.308 e. The molecular formula is C41H79N5O6. The fourth-order valence-electron chi connectivity index (χ4n) is 6.30. The van der Waals surface area contributed by atoms with Gasteiger partial charge in [0, 0.05) is 19.5 Å². The molecule has 0 heterocycles. The maximum atomic E-state index is 13.0. The van der Waals surface area contributed by atoms with Gasteiger partial charge >= 0.3 is 11.9 Å². The summed E-state index contributed by atoms with van der Waals surface area (Å²) in [6.07, 6.45) is 23.5. The van der Waals surface area contributed by atoms with Crippen LogP contribution in [0.3, 0.4) is 0 Å². The lowest BCUT2D eigenvalue weighted by atomic mass is 9.94. The van der Waals surface area contributed by atoms with Gasteiger partial charge in [-0.2, -0.15) is 0 Å². The number of rotatable bonds is 36. The minimum atomic E-state index is -0.770. The number of nitrogens with zero attached hydrogens (tertiary/aromatic N) is 1. The number of guanidine groups is 1. The quantitative estimate of drug-likeness (QED) is 0.0216. The summed E-state index contributed by atoms with van der Waals surface area (Å²) < 4.78 is 11.2. The molecule has 52 heavy (non-hydrogen) atoms. The third-order valence-electron chi connectivity index (χ3n) is 9.54. The highest BCUT2D eigenvalue weighted by atomic mass is 16.5. The van der Waals surface area contributed by atoms with Crippen LogP contribution in [-0.4, -0.2) is 62.1 Å². The number of esters is 2. The summed E-state index contributed by atoms with van der Waals surface area (Å²) >= 11 is 0. The fraction of sp³-hybridized carbons (Fsp3) is 0.878. The van der Waals surface area contributed by atoms with Crippen molar-refractivity contribution in [2.24, 2.45) is 28.3 Å². The molecule has 0 aliphatic carbocycles. The molecule has 0 aliphatic rings. The largest absolute Gasteiger partial charge is 0.465 e. The molecule has 0 aromatic rings. The molecule has 0 aromatic carbocycles. The molecule has 304 valence electrons. The Morgan fingerprint density at radius 2 is 1.04 bits per heavy atom. The van der Waals surface area contributed by atoms with E-state index in [1.165, 1.54) is 44.9 Å². The molecule has 0 saturated heterocycles. The van der Waals surface area contributed by atoms with Crippen LogP contribution in [0.2, 0.25) is 0 Å². The number of ether oxygens (including phenoxy) is 2. The predicted molar refractivity (Wildman–Crippen MR) is 213 cm³/mol. The predicted octanol–water partition coefficient (Wildman–Crippen LogP) is 8.01. The lowest BCUT2D eigenvalue weighted by Gasteiger charge is -2.18. The molecule has 11 nitrogen and oxygen atoms in total. The Bertz CT molecular complexity index is 943. The molecule has 11 heteroatoms. The zero-order valence-electron chi connectivity index (χ0n) is 33.8. The highest BCUT2D eigenvalue weighted by Gasteiger charge is 2.22. The second-order valence-electron chi connectivity index (χ2n) is 14.4. The Balaban J connectivity index is 4.58. The van der Waals surface area contributed by atoms with Gasteiger partial charge in [-0.3, -0.25) is 24.2 Å². The summed E-state index contributed by atoms with van der Waals surface area (Å²) in [4.78, 5) is 55.1. The Kier molecular flexibility index (Phi) is 33.3. The number of carbonyl (C=O) groups is 4. The molecule has 0 aromatic heterocycles. The Labute approximate surface area is 317 Å². The van der Waals surface area contributed by atoms with E-state index in [1.54, 1.807) is 0 Å². The van der Waals surface area contributed by atoms with Gasteiger partial charge < -0.3 is 31.6 Å². The van der Waals surface area contributed by atoms with E-state index in [9.17, 15) is 19.2 Å². The van der Waals surface area contributed by atoms with Crippen LogP contribution in [0.1, 0.15) is 188 Å². The fourth-order valence-corrected chi connectivity index (χ4v) is 6.30. The molecule has 0 saturated carbocycles. The average molecular weight is 738 g/mol. The minimum Gasteiger partial charge on any atom is -0.465 e. The van der Waals surface area contributed by atoms with Gasteiger partial charge in [0.25, 0.3) is 0 Å². The van der Waals surface area contributed by atoms with Crippen LogP contribution >= 0.6 is 0 Å². The third kappa shape index (κ3) is 28.7. The van der Waals surface area contributed by atoms with Crippen molar-refractivity contribution in [1.29, 1.82) is 0 Å². The topological polar surface area (TPSA) is 175 Å². The number of nitrogens with two attached hydrogens (primary N) is 2. The first kappa shape index (κ1) is 49.1. The van der Waals surface area contributed by atoms with Crippen molar-refractivity contribution in [1.82, 2.24) is 10.6 Å². The normalized spacial score (nSPS) is 12.8. The van der Waals surface area contributed by atoms with Crippen LogP contribution in [0, 0.1) is 11.8 Å². The zero-order valence-corrected chi connectivity index (χ0v) is 33.8. The summed E-state index contributed by atoms with van der Waals surface area (Å²) in [6, 6.07) is -0.770. The van der Waals surface area contributed by atoms with Crippen LogP contribution in [-0.2, 0) is 28.7 Å². The van der Waals surface area contributed by atoms with Crippen LogP contribution in [0.15, 0.2) is 4.99 Å². The van der Waals surface area contributed by atoms with Crippen molar-refractivity contribution < 1.29 is 28.7 Å². The first-order valence-corrected chi connectivity index (χ1v) is 21.2.